The van der Waals surface area contributed by atoms with Crippen LogP contribution in [0.2, 0.25) is 0 Å². The minimum atomic E-state index is -0.00923. The molecule has 3 N–H and O–H groups in total. The SMILES string of the molecule is N=C(N)c1ccnc(N2CCSCC2)n1. The molecule has 15 heavy (non-hydrogen) atoms. The Balaban J connectivity index is 2.19. The lowest BCUT2D eigenvalue weighted by molar-refractivity contribution is 0.814. The summed E-state index contributed by atoms with van der Waals surface area (Å²) in [6.45, 7) is 1.93. The highest BCUT2D eigenvalue weighted by Crippen LogP contribution is 2.14. The molecule has 0 aromatic carbocycles. The lowest BCUT2D eigenvalue weighted by Gasteiger charge is -2.26. The van der Waals surface area contributed by atoms with Crippen LogP contribution in [-0.2, 0) is 0 Å². The Morgan fingerprint density at radius 1 is 1.47 bits per heavy atom. The number of hydrogen-bond acceptors (Lipinski definition) is 5. The molecule has 1 aromatic rings. The van der Waals surface area contributed by atoms with Gasteiger partial charge < -0.3 is 10.6 Å². The van der Waals surface area contributed by atoms with Crippen LogP contribution in [0.4, 0.5) is 5.95 Å². The van der Waals surface area contributed by atoms with Gasteiger partial charge >= 0.3 is 0 Å². The first kappa shape index (κ1) is 10.2. The standard InChI is InChI=1S/C9H13N5S/c10-8(11)7-1-2-12-9(13-7)14-3-5-15-6-4-14/h1-2H,3-6H2,(H3,10,11). The molecule has 0 atom stereocenters. The van der Waals surface area contributed by atoms with E-state index < -0.39 is 0 Å². The molecular weight excluding hydrogens is 210 g/mol. The summed E-state index contributed by atoms with van der Waals surface area (Å²) in [6, 6.07) is 1.66. The second-order valence-electron chi connectivity index (χ2n) is 3.25. The first-order valence-corrected chi connectivity index (χ1v) is 5.93. The number of hydrogen-bond donors (Lipinski definition) is 2. The molecule has 1 aromatic heterocycles. The predicted octanol–water partition coefficient (Wildman–Crippen LogP) is 0.314. The van der Waals surface area contributed by atoms with Gasteiger partial charge in [0, 0.05) is 30.8 Å². The maximum Gasteiger partial charge on any atom is 0.226 e. The van der Waals surface area contributed by atoms with Gasteiger partial charge in [-0.3, -0.25) is 5.41 Å². The van der Waals surface area contributed by atoms with Gasteiger partial charge in [-0.15, -0.1) is 0 Å². The normalized spacial score (nSPS) is 16.4. The lowest BCUT2D eigenvalue weighted by atomic mass is 10.4. The summed E-state index contributed by atoms with van der Waals surface area (Å²) in [6.07, 6.45) is 1.65. The van der Waals surface area contributed by atoms with E-state index in [-0.39, 0.29) is 5.84 Å². The molecule has 0 saturated carbocycles. The Morgan fingerprint density at radius 2 is 2.20 bits per heavy atom. The van der Waals surface area contributed by atoms with Crippen molar-refractivity contribution in [3.05, 3.63) is 18.0 Å². The summed E-state index contributed by atoms with van der Waals surface area (Å²) in [5, 5.41) is 7.31. The molecule has 1 fully saturated rings. The first-order valence-electron chi connectivity index (χ1n) is 4.77. The monoisotopic (exact) mass is 223 g/mol. The van der Waals surface area contributed by atoms with Gasteiger partial charge in [0.05, 0.1) is 0 Å². The van der Waals surface area contributed by atoms with Crippen LogP contribution >= 0.6 is 11.8 Å². The van der Waals surface area contributed by atoms with Gasteiger partial charge in [0.2, 0.25) is 5.95 Å². The molecule has 0 radical (unpaired) electrons. The van der Waals surface area contributed by atoms with Crippen LogP contribution in [0.5, 0.6) is 0 Å². The fourth-order valence-electron chi connectivity index (χ4n) is 1.41. The Bertz CT molecular complexity index is 361. The van der Waals surface area contributed by atoms with Crippen molar-refractivity contribution in [1.82, 2.24) is 9.97 Å². The largest absolute Gasteiger partial charge is 0.382 e. The van der Waals surface area contributed by atoms with Crippen molar-refractivity contribution in [2.24, 2.45) is 5.73 Å². The summed E-state index contributed by atoms with van der Waals surface area (Å²) in [5.41, 5.74) is 5.88. The highest BCUT2D eigenvalue weighted by Gasteiger charge is 2.14. The number of nitrogen functional groups attached to an aromatic ring is 1. The third-order valence-electron chi connectivity index (χ3n) is 2.21. The summed E-state index contributed by atoms with van der Waals surface area (Å²) in [4.78, 5) is 10.6. The third kappa shape index (κ3) is 2.38. The van der Waals surface area contributed by atoms with Crippen molar-refractivity contribution in [1.29, 1.82) is 5.41 Å². The van der Waals surface area contributed by atoms with Gasteiger partial charge in [0.25, 0.3) is 0 Å². The van der Waals surface area contributed by atoms with Crippen LogP contribution in [0.15, 0.2) is 12.3 Å². The first-order chi connectivity index (χ1) is 7.27. The quantitative estimate of drug-likeness (QED) is 0.557. The number of amidine groups is 1. The topological polar surface area (TPSA) is 78.9 Å². The average Bonchev–Trinajstić information content (AvgIpc) is 2.30. The summed E-state index contributed by atoms with van der Waals surface area (Å²) < 4.78 is 0. The Hall–Kier alpha value is -1.30. The van der Waals surface area contributed by atoms with E-state index in [2.05, 4.69) is 14.9 Å². The van der Waals surface area contributed by atoms with Crippen molar-refractivity contribution < 1.29 is 0 Å². The van der Waals surface area contributed by atoms with Gasteiger partial charge in [0.1, 0.15) is 11.5 Å². The molecule has 80 valence electrons. The van der Waals surface area contributed by atoms with Crippen LogP contribution in [0.25, 0.3) is 0 Å². The van der Waals surface area contributed by atoms with Crippen molar-refractivity contribution in [2.75, 3.05) is 29.5 Å². The number of nitrogens with two attached hydrogens (primary N) is 1. The zero-order valence-corrected chi connectivity index (χ0v) is 9.13. The number of nitrogens with zero attached hydrogens (tertiary/aromatic N) is 3. The number of rotatable bonds is 2. The summed E-state index contributed by atoms with van der Waals surface area (Å²) >= 11 is 1.94. The van der Waals surface area contributed by atoms with Crippen molar-refractivity contribution in [2.45, 2.75) is 0 Å². The number of anilines is 1. The Morgan fingerprint density at radius 3 is 2.87 bits per heavy atom. The molecule has 2 heterocycles. The minimum absolute atomic E-state index is 0.00923. The maximum absolute atomic E-state index is 7.31. The van der Waals surface area contributed by atoms with Crippen LogP contribution in [0.1, 0.15) is 5.69 Å². The maximum atomic E-state index is 7.31. The van der Waals surface area contributed by atoms with E-state index in [1.54, 1.807) is 12.3 Å². The van der Waals surface area contributed by atoms with Gasteiger partial charge in [-0.25, -0.2) is 9.97 Å². The van der Waals surface area contributed by atoms with Crippen LogP contribution < -0.4 is 10.6 Å². The molecule has 6 heteroatoms. The molecule has 0 spiro atoms. The van der Waals surface area contributed by atoms with E-state index in [1.807, 2.05) is 11.8 Å². The zero-order valence-electron chi connectivity index (χ0n) is 8.31. The molecule has 0 bridgehead atoms. The molecular formula is C9H13N5S. The van der Waals surface area contributed by atoms with Crippen molar-refractivity contribution in [3.8, 4) is 0 Å². The molecule has 1 aliphatic rings. The molecule has 2 rings (SSSR count). The van der Waals surface area contributed by atoms with Crippen molar-refractivity contribution in [3.63, 3.8) is 0 Å². The average molecular weight is 223 g/mol. The lowest BCUT2D eigenvalue weighted by Crippen LogP contribution is -2.34. The van der Waals surface area contributed by atoms with Crippen LogP contribution in [-0.4, -0.2) is 40.4 Å². The molecule has 5 nitrogen and oxygen atoms in total. The van der Waals surface area contributed by atoms with Crippen LogP contribution in [0.3, 0.4) is 0 Å². The van der Waals surface area contributed by atoms with Gasteiger partial charge in [-0.05, 0) is 6.07 Å². The smallest absolute Gasteiger partial charge is 0.226 e. The fourth-order valence-corrected chi connectivity index (χ4v) is 2.32. The van der Waals surface area contributed by atoms with E-state index in [0.29, 0.717) is 11.6 Å². The van der Waals surface area contributed by atoms with Crippen molar-refractivity contribution >= 4 is 23.5 Å². The summed E-state index contributed by atoms with van der Waals surface area (Å²) in [7, 11) is 0. The van der Waals surface area contributed by atoms with E-state index >= 15 is 0 Å². The molecule has 1 saturated heterocycles. The highest BCUT2D eigenvalue weighted by molar-refractivity contribution is 7.99. The van der Waals surface area contributed by atoms with Gasteiger partial charge in [0.15, 0.2) is 0 Å². The Kier molecular flexibility index (Phi) is 3.05. The second kappa shape index (κ2) is 4.48. The van der Waals surface area contributed by atoms with E-state index in [1.165, 1.54) is 0 Å². The summed E-state index contributed by atoms with van der Waals surface area (Å²) in [5.74, 6) is 2.88. The van der Waals surface area contributed by atoms with E-state index in [4.69, 9.17) is 11.1 Å². The van der Waals surface area contributed by atoms with E-state index in [0.717, 1.165) is 24.6 Å². The molecule has 0 unspecified atom stereocenters. The highest BCUT2D eigenvalue weighted by atomic mass is 32.2. The van der Waals surface area contributed by atoms with E-state index in [9.17, 15) is 0 Å². The minimum Gasteiger partial charge on any atom is -0.382 e. The molecule has 0 amide bonds. The molecule has 1 aliphatic heterocycles. The number of nitrogens with one attached hydrogen (secondary N) is 1. The van der Waals surface area contributed by atoms with Crippen LogP contribution in [0, 0.1) is 5.41 Å². The second-order valence-corrected chi connectivity index (χ2v) is 4.48. The Labute approximate surface area is 92.6 Å². The number of aromatic nitrogens is 2. The van der Waals surface area contributed by atoms with Gasteiger partial charge in [-0.1, -0.05) is 0 Å². The predicted molar refractivity (Wildman–Crippen MR) is 62.6 cm³/mol. The zero-order chi connectivity index (χ0) is 10.7. The molecule has 0 aliphatic carbocycles. The third-order valence-corrected chi connectivity index (χ3v) is 3.16. The number of thioether (sulfide) groups is 1. The van der Waals surface area contributed by atoms with Gasteiger partial charge in [-0.2, -0.15) is 11.8 Å². The fraction of sp³-hybridized carbons (Fsp3) is 0.444.